The molecule has 0 N–H and O–H groups in total. The van der Waals surface area contributed by atoms with E-state index < -0.39 is 0 Å². The Morgan fingerprint density at radius 1 is 0.397 bits per heavy atom. The minimum atomic E-state index is 1.09. The second-order valence-corrected chi connectivity index (χ2v) is 17.3. The van der Waals surface area contributed by atoms with E-state index in [0.717, 1.165) is 22.6 Å². The number of hydrogen-bond acceptors (Lipinski definition) is 2. The molecule has 0 fully saturated rings. The fraction of sp³-hybridized carbons (Fsp3) is 0. The molecule has 2 aromatic heterocycles. The first kappa shape index (κ1) is 36.8. The van der Waals surface area contributed by atoms with Gasteiger partial charge in [-0.25, -0.2) is 0 Å². The van der Waals surface area contributed by atoms with Crippen molar-refractivity contribution in [3.63, 3.8) is 0 Å². The van der Waals surface area contributed by atoms with E-state index in [1.54, 1.807) is 0 Å². The van der Waals surface area contributed by atoms with Gasteiger partial charge in [0.05, 0.1) is 11.0 Å². The van der Waals surface area contributed by atoms with Crippen LogP contribution in [-0.2, 0) is 0 Å². The van der Waals surface area contributed by atoms with Gasteiger partial charge in [-0.2, -0.15) is 0 Å². The number of para-hydroxylation sites is 2. The third-order valence-corrected chi connectivity index (χ3v) is 13.8. The molecule has 0 saturated carbocycles. The Kier molecular flexibility index (Phi) is 8.88. The van der Waals surface area contributed by atoms with Crippen molar-refractivity contribution in [3.8, 4) is 39.1 Å². The van der Waals surface area contributed by atoms with Crippen LogP contribution in [0.1, 0.15) is 5.56 Å². The van der Waals surface area contributed by atoms with Crippen molar-refractivity contribution in [2.75, 3.05) is 4.90 Å². The highest BCUT2D eigenvalue weighted by atomic mass is 32.1. The second-order valence-electron chi connectivity index (χ2n) is 16.2. The number of thiophene rings is 1. The molecule has 0 bridgehead atoms. The Morgan fingerprint density at radius 3 is 1.73 bits per heavy atom. The summed E-state index contributed by atoms with van der Waals surface area (Å²) >= 11 is 1.88. The molecule has 0 unspecified atom stereocenters. The maximum Gasteiger partial charge on any atom is 0.0541 e. The minimum absolute atomic E-state index is 1.09. The van der Waals surface area contributed by atoms with Gasteiger partial charge in [0, 0.05) is 53.7 Å². The van der Waals surface area contributed by atoms with Crippen LogP contribution in [0.25, 0.3) is 97.9 Å². The lowest BCUT2D eigenvalue weighted by Gasteiger charge is -2.26. The van der Waals surface area contributed by atoms with Crippen molar-refractivity contribution in [2.45, 2.75) is 0 Å². The van der Waals surface area contributed by atoms with E-state index in [1.807, 2.05) is 17.4 Å². The Bertz CT molecular complexity index is 3670. The summed E-state index contributed by atoms with van der Waals surface area (Å²) in [4.78, 5) is 2.37. The maximum absolute atomic E-state index is 3.93. The van der Waals surface area contributed by atoms with Crippen molar-refractivity contribution in [1.82, 2.24) is 4.57 Å². The normalized spacial score (nSPS) is 11.6. The highest BCUT2D eigenvalue weighted by Crippen LogP contribution is 2.43. The van der Waals surface area contributed by atoms with Gasteiger partial charge in [-0.15, -0.1) is 11.3 Å². The fourth-order valence-electron chi connectivity index (χ4n) is 9.39. The van der Waals surface area contributed by atoms with Crippen LogP contribution in [0.2, 0.25) is 0 Å². The van der Waals surface area contributed by atoms with Crippen molar-refractivity contribution in [1.29, 1.82) is 0 Å². The van der Waals surface area contributed by atoms with Gasteiger partial charge in [-0.3, -0.25) is 0 Å². The topological polar surface area (TPSA) is 8.17 Å². The van der Waals surface area contributed by atoms with Gasteiger partial charge in [0.2, 0.25) is 0 Å². The average Bonchev–Trinajstić information content (AvgIpc) is 3.90. The van der Waals surface area contributed by atoms with Crippen molar-refractivity contribution >= 4 is 87.2 Å². The molecule has 10 aromatic carbocycles. The standard InChI is InChI=1S/C60H40N2S/c1-2-40-19-21-41(22-20-40)42-25-31-49(32-26-42)61(51-35-29-44-37-47(24-23-45(44)38-51)52-15-10-16-55-54-14-7-9-18-59(54)63-60(52)55)50-33-27-43(28-34-50)46-30-36-58-56(39-46)53-13-6-8-17-57(53)62(58)48-11-4-3-5-12-48/h2-39H,1H2. The van der Waals surface area contributed by atoms with E-state index in [9.17, 15) is 0 Å². The molecule has 0 radical (unpaired) electrons. The summed E-state index contributed by atoms with van der Waals surface area (Å²) in [7, 11) is 0. The third kappa shape index (κ3) is 6.41. The van der Waals surface area contributed by atoms with Gasteiger partial charge < -0.3 is 9.47 Å². The Hall–Kier alpha value is -7.98. The molecule has 3 heteroatoms. The van der Waals surface area contributed by atoms with Gasteiger partial charge in [-0.05, 0) is 129 Å². The molecule has 2 nitrogen and oxygen atoms in total. The lowest BCUT2D eigenvalue weighted by Crippen LogP contribution is -2.09. The average molecular weight is 821 g/mol. The number of rotatable bonds is 8. The van der Waals surface area contributed by atoms with E-state index in [2.05, 4.69) is 241 Å². The third-order valence-electron chi connectivity index (χ3n) is 12.5. The first-order valence-electron chi connectivity index (χ1n) is 21.4. The molecule has 0 aliphatic carbocycles. The Morgan fingerprint density at radius 2 is 0.968 bits per heavy atom. The number of nitrogens with zero attached hydrogens (tertiary/aromatic N) is 2. The molecule has 296 valence electrons. The molecule has 0 saturated heterocycles. The number of fused-ring (bicyclic) bond motifs is 7. The van der Waals surface area contributed by atoms with Crippen LogP contribution in [0.15, 0.2) is 231 Å². The summed E-state index contributed by atoms with van der Waals surface area (Å²) in [5.41, 5.74) is 15.2. The molecule has 0 amide bonds. The zero-order valence-corrected chi connectivity index (χ0v) is 35.3. The summed E-state index contributed by atoms with van der Waals surface area (Å²) in [6, 6.07) is 82.0. The van der Waals surface area contributed by atoms with Crippen LogP contribution >= 0.6 is 11.3 Å². The molecular formula is C60H40N2S. The van der Waals surface area contributed by atoms with E-state index in [1.165, 1.54) is 91.8 Å². The summed E-state index contributed by atoms with van der Waals surface area (Å²) in [6.07, 6.45) is 1.88. The quantitative estimate of drug-likeness (QED) is 0.148. The summed E-state index contributed by atoms with van der Waals surface area (Å²) < 4.78 is 5.03. The van der Waals surface area contributed by atoms with Gasteiger partial charge in [0.1, 0.15) is 0 Å². The molecule has 2 heterocycles. The second kappa shape index (κ2) is 15.2. The predicted molar refractivity (Wildman–Crippen MR) is 272 cm³/mol. The molecule has 0 aliphatic rings. The van der Waals surface area contributed by atoms with E-state index in [4.69, 9.17) is 0 Å². The first-order valence-corrected chi connectivity index (χ1v) is 22.3. The van der Waals surface area contributed by atoms with Crippen LogP contribution in [0, 0.1) is 0 Å². The van der Waals surface area contributed by atoms with Crippen LogP contribution in [-0.4, -0.2) is 4.57 Å². The monoisotopic (exact) mass is 820 g/mol. The molecule has 0 spiro atoms. The van der Waals surface area contributed by atoms with E-state index in [-0.39, 0.29) is 0 Å². The summed E-state index contributed by atoms with van der Waals surface area (Å²) in [6.45, 7) is 3.93. The molecular weight excluding hydrogens is 781 g/mol. The molecule has 63 heavy (non-hydrogen) atoms. The lowest BCUT2D eigenvalue weighted by molar-refractivity contribution is 1.18. The van der Waals surface area contributed by atoms with Crippen molar-refractivity contribution < 1.29 is 0 Å². The number of anilines is 3. The fourth-order valence-corrected chi connectivity index (χ4v) is 10.6. The van der Waals surface area contributed by atoms with Crippen molar-refractivity contribution in [3.05, 3.63) is 237 Å². The van der Waals surface area contributed by atoms with Crippen molar-refractivity contribution in [2.24, 2.45) is 0 Å². The van der Waals surface area contributed by atoms with Crippen LogP contribution in [0.5, 0.6) is 0 Å². The van der Waals surface area contributed by atoms with E-state index in [0.29, 0.717) is 0 Å². The zero-order valence-electron chi connectivity index (χ0n) is 34.4. The lowest BCUT2D eigenvalue weighted by atomic mass is 9.99. The van der Waals surface area contributed by atoms with Gasteiger partial charge >= 0.3 is 0 Å². The SMILES string of the molecule is C=Cc1ccc(-c2ccc(N(c3ccc(-c4ccc5c(c4)c4ccccc4n5-c4ccccc4)cc3)c3ccc4cc(-c5cccc6c5sc5ccccc56)ccc4c3)cc2)cc1. The highest BCUT2D eigenvalue weighted by Gasteiger charge is 2.17. The van der Waals surface area contributed by atoms with Crippen LogP contribution in [0.4, 0.5) is 17.1 Å². The number of aromatic nitrogens is 1. The predicted octanol–water partition coefficient (Wildman–Crippen LogP) is 17.4. The first-order chi connectivity index (χ1) is 31.2. The smallest absolute Gasteiger partial charge is 0.0541 e. The molecule has 12 aromatic rings. The summed E-state index contributed by atoms with van der Waals surface area (Å²) in [5, 5.41) is 7.56. The summed E-state index contributed by atoms with van der Waals surface area (Å²) in [5.74, 6) is 0. The van der Waals surface area contributed by atoms with Gasteiger partial charge in [-0.1, -0.05) is 158 Å². The van der Waals surface area contributed by atoms with Gasteiger partial charge in [0.15, 0.2) is 0 Å². The Labute approximate surface area is 370 Å². The Balaban J connectivity index is 0.932. The minimum Gasteiger partial charge on any atom is -0.310 e. The molecule has 12 rings (SSSR count). The highest BCUT2D eigenvalue weighted by molar-refractivity contribution is 7.26. The molecule has 0 atom stereocenters. The maximum atomic E-state index is 3.93. The van der Waals surface area contributed by atoms with Crippen LogP contribution in [0.3, 0.4) is 0 Å². The van der Waals surface area contributed by atoms with E-state index >= 15 is 0 Å². The number of hydrogen-bond donors (Lipinski definition) is 0. The zero-order chi connectivity index (χ0) is 41.9. The molecule has 0 aliphatic heterocycles. The largest absolute Gasteiger partial charge is 0.310 e. The van der Waals surface area contributed by atoms with Crippen LogP contribution < -0.4 is 4.90 Å². The number of benzene rings is 10. The van der Waals surface area contributed by atoms with Gasteiger partial charge in [0.25, 0.3) is 0 Å².